The Morgan fingerprint density at radius 2 is 2.15 bits per heavy atom. The molecule has 2 heterocycles. The summed E-state index contributed by atoms with van der Waals surface area (Å²) in [5.41, 5.74) is 2.68. The van der Waals surface area contributed by atoms with Crippen molar-refractivity contribution < 1.29 is 9.53 Å². The van der Waals surface area contributed by atoms with Gasteiger partial charge in [-0.3, -0.25) is 4.79 Å². The molecule has 1 aliphatic rings. The van der Waals surface area contributed by atoms with Crippen molar-refractivity contribution in [2.24, 2.45) is 5.92 Å². The summed E-state index contributed by atoms with van der Waals surface area (Å²) in [5, 5.41) is 8.32. The molecule has 1 amide bonds. The second-order valence-electron chi connectivity index (χ2n) is 6.44. The van der Waals surface area contributed by atoms with E-state index in [-0.39, 0.29) is 24.0 Å². The van der Waals surface area contributed by atoms with Crippen molar-refractivity contribution in [2.75, 3.05) is 11.9 Å². The number of nitrogens with one attached hydrogen (secondary N) is 2. The van der Waals surface area contributed by atoms with Crippen molar-refractivity contribution >= 4 is 23.2 Å². The molecule has 1 aliphatic carbocycles. The highest BCUT2D eigenvalue weighted by Crippen LogP contribution is 2.29. The smallest absolute Gasteiger partial charge is 0.223 e. The van der Waals surface area contributed by atoms with Gasteiger partial charge in [0.15, 0.2) is 0 Å². The second kappa shape index (κ2) is 9.59. The normalized spacial score (nSPS) is 22.7. The van der Waals surface area contributed by atoms with Crippen LogP contribution >= 0.6 is 11.3 Å². The van der Waals surface area contributed by atoms with Crippen molar-refractivity contribution in [2.45, 2.75) is 51.3 Å². The highest BCUT2D eigenvalue weighted by atomic mass is 32.1. The van der Waals surface area contributed by atoms with Crippen LogP contribution in [-0.2, 0) is 16.1 Å². The lowest BCUT2D eigenvalue weighted by Crippen LogP contribution is -2.45. The van der Waals surface area contributed by atoms with E-state index in [0.29, 0.717) is 25.5 Å². The first kappa shape index (κ1) is 18.7. The highest BCUT2D eigenvalue weighted by Gasteiger charge is 2.34. The molecule has 1 fully saturated rings. The average molecular weight is 375 g/mol. The number of ether oxygens (including phenoxy) is 1. The van der Waals surface area contributed by atoms with Gasteiger partial charge in [-0.1, -0.05) is 6.92 Å². The van der Waals surface area contributed by atoms with Gasteiger partial charge in [-0.25, -0.2) is 15.0 Å². The van der Waals surface area contributed by atoms with E-state index in [1.165, 1.54) is 11.3 Å². The van der Waals surface area contributed by atoms with E-state index < -0.39 is 0 Å². The number of aromatic nitrogens is 3. The number of anilines is 1. The Bertz CT molecular complexity index is 667. The zero-order valence-corrected chi connectivity index (χ0v) is 15.7. The van der Waals surface area contributed by atoms with Gasteiger partial charge >= 0.3 is 0 Å². The molecule has 140 valence electrons. The Morgan fingerprint density at radius 1 is 1.31 bits per heavy atom. The van der Waals surface area contributed by atoms with Gasteiger partial charge in [-0.05, 0) is 31.7 Å². The first-order chi connectivity index (χ1) is 12.8. The maximum absolute atomic E-state index is 12.5. The van der Waals surface area contributed by atoms with Crippen LogP contribution in [0.25, 0.3) is 0 Å². The van der Waals surface area contributed by atoms with Crippen molar-refractivity contribution in [1.82, 2.24) is 20.3 Å². The summed E-state index contributed by atoms with van der Waals surface area (Å²) < 4.78 is 6.04. The Morgan fingerprint density at radius 3 is 2.88 bits per heavy atom. The molecule has 26 heavy (non-hydrogen) atoms. The number of rotatable bonds is 8. The van der Waals surface area contributed by atoms with Crippen LogP contribution in [0, 0.1) is 5.92 Å². The summed E-state index contributed by atoms with van der Waals surface area (Å²) in [6, 6.07) is 1.91. The van der Waals surface area contributed by atoms with Crippen LogP contribution in [0.1, 0.15) is 38.3 Å². The summed E-state index contributed by atoms with van der Waals surface area (Å²) in [7, 11) is 0. The van der Waals surface area contributed by atoms with Crippen LogP contribution < -0.4 is 10.6 Å². The Balaban J connectivity index is 1.56. The standard InChI is InChI=1S/C18H25N5O2S/c1-2-8-25-16-9-13(17(24)21-10-14-11-26-12-22-14)4-5-15(16)23-18-19-6-3-7-20-18/h3,6-7,11-13,15-16H,2,4-5,8-10H2,1H3,(H,21,24)(H,19,20,23)/t13-,15-,16-/m0/s1. The van der Waals surface area contributed by atoms with Crippen LogP contribution in [0.5, 0.6) is 0 Å². The van der Waals surface area contributed by atoms with E-state index in [4.69, 9.17) is 4.74 Å². The Hall–Kier alpha value is -2.06. The van der Waals surface area contributed by atoms with Crippen LogP contribution in [-0.4, -0.2) is 39.6 Å². The Labute approximate surface area is 157 Å². The molecule has 2 aromatic rings. The number of nitrogens with zero attached hydrogens (tertiary/aromatic N) is 3. The lowest BCUT2D eigenvalue weighted by atomic mass is 9.83. The SMILES string of the molecule is CCCO[C@H]1C[C@@H](C(=O)NCc2cscn2)CC[C@@H]1Nc1ncccn1. The molecule has 0 saturated heterocycles. The molecule has 1 saturated carbocycles. The fourth-order valence-corrected chi connectivity index (χ4v) is 3.73. The molecule has 0 radical (unpaired) electrons. The minimum atomic E-state index is -0.0368. The topological polar surface area (TPSA) is 89.0 Å². The average Bonchev–Trinajstić information content (AvgIpc) is 3.20. The predicted octanol–water partition coefficient (Wildman–Crippen LogP) is 2.63. The molecular formula is C18H25N5O2S. The van der Waals surface area contributed by atoms with Gasteiger partial charge in [-0.2, -0.15) is 0 Å². The van der Waals surface area contributed by atoms with Gasteiger partial charge in [0.05, 0.1) is 29.9 Å². The minimum absolute atomic E-state index is 0.0254. The van der Waals surface area contributed by atoms with Gasteiger partial charge in [0.1, 0.15) is 0 Å². The van der Waals surface area contributed by atoms with Gasteiger partial charge in [-0.15, -0.1) is 11.3 Å². The third kappa shape index (κ3) is 5.22. The van der Waals surface area contributed by atoms with Crippen molar-refractivity contribution in [3.05, 3.63) is 35.0 Å². The number of hydrogen-bond donors (Lipinski definition) is 2. The molecule has 2 N–H and O–H groups in total. The van der Waals surface area contributed by atoms with Crippen LogP contribution in [0.3, 0.4) is 0 Å². The lowest BCUT2D eigenvalue weighted by molar-refractivity contribution is -0.128. The molecule has 0 spiro atoms. The number of hydrogen-bond acceptors (Lipinski definition) is 7. The quantitative estimate of drug-likeness (QED) is 0.737. The molecule has 0 aliphatic heterocycles. The fourth-order valence-electron chi connectivity index (χ4n) is 3.17. The van der Waals surface area contributed by atoms with E-state index in [1.54, 1.807) is 24.0 Å². The fraction of sp³-hybridized carbons (Fsp3) is 0.556. The van der Waals surface area contributed by atoms with E-state index in [2.05, 4.69) is 32.5 Å². The van der Waals surface area contributed by atoms with Crippen LogP contribution in [0.2, 0.25) is 0 Å². The summed E-state index contributed by atoms with van der Waals surface area (Å²) in [5.74, 6) is 0.650. The largest absolute Gasteiger partial charge is 0.376 e. The number of carbonyl (C=O) groups excluding carboxylic acids is 1. The third-order valence-electron chi connectivity index (χ3n) is 4.51. The van der Waals surface area contributed by atoms with Crippen molar-refractivity contribution in [3.63, 3.8) is 0 Å². The maximum Gasteiger partial charge on any atom is 0.223 e. The predicted molar refractivity (Wildman–Crippen MR) is 101 cm³/mol. The first-order valence-corrected chi connectivity index (χ1v) is 10.0. The second-order valence-corrected chi connectivity index (χ2v) is 7.16. The Kier molecular flexibility index (Phi) is 6.90. The van der Waals surface area contributed by atoms with Crippen LogP contribution in [0.15, 0.2) is 29.4 Å². The summed E-state index contributed by atoms with van der Waals surface area (Å²) >= 11 is 1.53. The molecule has 3 rings (SSSR count). The molecule has 8 heteroatoms. The van der Waals surface area contributed by atoms with E-state index in [0.717, 1.165) is 25.0 Å². The monoisotopic (exact) mass is 375 g/mol. The molecule has 3 atom stereocenters. The number of carbonyl (C=O) groups is 1. The highest BCUT2D eigenvalue weighted by molar-refractivity contribution is 7.07. The molecule has 0 aromatic carbocycles. The van der Waals surface area contributed by atoms with E-state index in [9.17, 15) is 4.79 Å². The maximum atomic E-state index is 12.5. The van der Waals surface area contributed by atoms with Gasteiger partial charge in [0, 0.05) is 30.3 Å². The molecule has 7 nitrogen and oxygen atoms in total. The van der Waals surface area contributed by atoms with Gasteiger partial charge < -0.3 is 15.4 Å². The zero-order valence-electron chi connectivity index (χ0n) is 14.9. The first-order valence-electron chi connectivity index (χ1n) is 9.06. The molecule has 0 unspecified atom stereocenters. The van der Waals surface area contributed by atoms with Crippen molar-refractivity contribution in [3.8, 4) is 0 Å². The minimum Gasteiger partial charge on any atom is -0.376 e. The van der Waals surface area contributed by atoms with E-state index >= 15 is 0 Å². The third-order valence-corrected chi connectivity index (χ3v) is 5.14. The lowest BCUT2D eigenvalue weighted by Gasteiger charge is -2.35. The summed E-state index contributed by atoms with van der Waals surface area (Å²) in [4.78, 5) is 25.2. The number of amides is 1. The summed E-state index contributed by atoms with van der Waals surface area (Å²) in [6.45, 7) is 3.26. The molecular weight excluding hydrogens is 350 g/mol. The zero-order chi connectivity index (χ0) is 18.2. The molecule has 0 bridgehead atoms. The molecule has 2 aromatic heterocycles. The van der Waals surface area contributed by atoms with Crippen molar-refractivity contribution in [1.29, 1.82) is 0 Å². The van der Waals surface area contributed by atoms with Gasteiger partial charge in [0.2, 0.25) is 11.9 Å². The van der Waals surface area contributed by atoms with Crippen LogP contribution in [0.4, 0.5) is 5.95 Å². The summed E-state index contributed by atoms with van der Waals surface area (Å²) in [6.07, 6.45) is 6.73. The van der Waals surface area contributed by atoms with Gasteiger partial charge in [0.25, 0.3) is 0 Å². The number of thiazole rings is 1. The van der Waals surface area contributed by atoms with E-state index in [1.807, 2.05) is 5.38 Å².